The van der Waals surface area contributed by atoms with E-state index in [1.54, 1.807) is 6.20 Å². The van der Waals surface area contributed by atoms with Gasteiger partial charge >= 0.3 is 0 Å². The van der Waals surface area contributed by atoms with Gasteiger partial charge in [0.1, 0.15) is 0 Å². The van der Waals surface area contributed by atoms with Crippen LogP contribution in [0.25, 0.3) is 10.9 Å². The van der Waals surface area contributed by atoms with Crippen LogP contribution >= 0.6 is 0 Å². The van der Waals surface area contributed by atoms with Gasteiger partial charge in [-0.25, -0.2) is 0 Å². The van der Waals surface area contributed by atoms with Crippen LogP contribution < -0.4 is 5.32 Å². The molecule has 6 heteroatoms. The van der Waals surface area contributed by atoms with Gasteiger partial charge in [-0.2, -0.15) is 0 Å². The van der Waals surface area contributed by atoms with Crippen molar-refractivity contribution in [2.24, 2.45) is 5.92 Å². The molecule has 1 aliphatic heterocycles. The molecule has 136 valence electrons. The van der Waals surface area contributed by atoms with E-state index in [1.807, 2.05) is 42.2 Å². The molecule has 6 nitrogen and oxygen atoms in total. The fraction of sp³-hybridized carbons (Fsp3) is 0.450. The summed E-state index contributed by atoms with van der Waals surface area (Å²) in [5.74, 6) is 0.538. The first kappa shape index (κ1) is 17.0. The second kappa shape index (κ2) is 7.03. The minimum Gasteiger partial charge on any atom is -0.340 e. The predicted octanol–water partition coefficient (Wildman–Crippen LogP) is 2.12. The number of hydrogen-bond donors (Lipinski definition) is 1. The topological polar surface area (TPSA) is 65.5 Å². The normalized spacial score (nSPS) is 19.3. The highest BCUT2D eigenvalue weighted by Gasteiger charge is 2.35. The van der Waals surface area contributed by atoms with E-state index in [2.05, 4.69) is 15.2 Å². The first-order chi connectivity index (χ1) is 12.6. The summed E-state index contributed by atoms with van der Waals surface area (Å²) >= 11 is 0. The fourth-order valence-corrected chi connectivity index (χ4v) is 3.53. The molecule has 2 aliphatic rings. The number of anilines is 1. The Morgan fingerprint density at radius 1 is 1.12 bits per heavy atom. The van der Waals surface area contributed by atoms with Gasteiger partial charge in [-0.15, -0.1) is 0 Å². The number of benzene rings is 1. The van der Waals surface area contributed by atoms with Gasteiger partial charge < -0.3 is 10.2 Å². The number of nitrogens with zero attached hydrogens (tertiary/aromatic N) is 3. The summed E-state index contributed by atoms with van der Waals surface area (Å²) in [4.78, 5) is 33.3. The van der Waals surface area contributed by atoms with E-state index in [4.69, 9.17) is 0 Å². The molecule has 1 N–H and O–H groups in total. The molecule has 26 heavy (non-hydrogen) atoms. The molecule has 2 amide bonds. The zero-order chi connectivity index (χ0) is 18.1. The molecular weight excluding hydrogens is 328 g/mol. The summed E-state index contributed by atoms with van der Waals surface area (Å²) in [6.45, 7) is 4.83. The number of carbonyl (C=O) groups excluding carboxylic acids is 2. The summed E-state index contributed by atoms with van der Waals surface area (Å²) in [6, 6.07) is 9.34. The summed E-state index contributed by atoms with van der Waals surface area (Å²) in [6.07, 6.45) is 3.83. The molecule has 2 aromatic rings. The van der Waals surface area contributed by atoms with Crippen LogP contribution in [0, 0.1) is 5.92 Å². The SMILES string of the molecule is CC(C(=O)Nc1cccc2ncccc12)N1CCN(C(=O)C2CC2)CC1. The van der Waals surface area contributed by atoms with Gasteiger partial charge in [-0.1, -0.05) is 6.07 Å². The highest BCUT2D eigenvalue weighted by atomic mass is 16.2. The monoisotopic (exact) mass is 352 g/mol. The first-order valence-electron chi connectivity index (χ1n) is 9.31. The second-order valence-corrected chi connectivity index (χ2v) is 7.18. The predicted molar refractivity (Wildman–Crippen MR) is 101 cm³/mol. The minimum atomic E-state index is -0.236. The zero-order valence-electron chi connectivity index (χ0n) is 15.0. The second-order valence-electron chi connectivity index (χ2n) is 7.18. The Morgan fingerprint density at radius 3 is 2.62 bits per heavy atom. The average molecular weight is 352 g/mol. The molecule has 2 fully saturated rings. The lowest BCUT2D eigenvalue weighted by Crippen LogP contribution is -2.54. The highest BCUT2D eigenvalue weighted by molar-refractivity contribution is 6.02. The van der Waals surface area contributed by atoms with Crippen molar-refractivity contribution < 1.29 is 9.59 Å². The quantitative estimate of drug-likeness (QED) is 0.915. The standard InChI is InChI=1S/C20H24N4O2/c1-14(23-10-12-24(13-11-23)20(26)15-7-8-15)19(25)22-18-6-2-5-17-16(18)4-3-9-21-17/h2-6,9,14-15H,7-8,10-13H2,1H3,(H,22,25). The maximum absolute atomic E-state index is 12.7. The lowest BCUT2D eigenvalue weighted by atomic mass is 10.1. The van der Waals surface area contributed by atoms with Crippen LogP contribution in [0.15, 0.2) is 36.5 Å². The van der Waals surface area contributed by atoms with Gasteiger partial charge in [-0.05, 0) is 44.0 Å². The number of aromatic nitrogens is 1. The van der Waals surface area contributed by atoms with E-state index in [-0.39, 0.29) is 17.9 Å². The molecule has 0 radical (unpaired) electrons. The number of rotatable bonds is 4. The van der Waals surface area contributed by atoms with Crippen molar-refractivity contribution in [2.75, 3.05) is 31.5 Å². The van der Waals surface area contributed by atoms with Gasteiger partial charge in [0.15, 0.2) is 0 Å². The van der Waals surface area contributed by atoms with Gasteiger partial charge in [0.05, 0.1) is 17.2 Å². The third kappa shape index (κ3) is 3.42. The third-order valence-electron chi connectivity index (χ3n) is 5.38. The van der Waals surface area contributed by atoms with Crippen LogP contribution in [0.5, 0.6) is 0 Å². The van der Waals surface area contributed by atoms with Gasteiger partial charge in [0, 0.05) is 43.7 Å². The smallest absolute Gasteiger partial charge is 0.241 e. The van der Waals surface area contributed by atoms with Crippen LogP contribution in [0.4, 0.5) is 5.69 Å². The number of pyridine rings is 1. The van der Waals surface area contributed by atoms with Crippen LogP contribution in [0.2, 0.25) is 0 Å². The Hall–Kier alpha value is -2.47. The lowest BCUT2D eigenvalue weighted by Gasteiger charge is -2.37. The number of carbonyl (C=O) groups is 2. The number of piperazine rings is 1. The zero-order valence-corrected chi connectivity index (χ0v) is 15.0. The van der Waals surface area contributed by atoms with Gasteiger partial charge in [0.25, 0.3) is 0 Å². The molecule has 2 heterocycles. The Bertz CT molecular complexity index is 820. The van der Waals surface area contributed by atoms with Crippen LogP contribution in [0.1, 0.15) is 19.8 Å². The molecule has 1 atom stereocenters. The van der Waals surface area contributed by atoms with Crippen LogP contribution in [-0.2, 0) is 9.59 Å². The molecule has 1 aromatic carbocycles. The molecule has 1 unspecified atom stereocenters. The van der Waals surface area contributed by atoms with E-state index in [0.717, 1.165) is 42.5 Å². The molecular formula is C20H24N4O2. The third-order valence-corrected chi connectivity index (χ3v) is 5.38. The lowest BCUT2D eigenvalue weighted by molar-refractivity contribution is -0.135. The van der Waals surface area contributed by atoms with E-state index in [9.17, 15) is 9.59 Å². The number of fused-ring (bicyclic) bond motifs is 1. The van der Waals surface area contributed by atoms with Crippen molar-refractivity contribution in [2.45, 2.75) is 25.8 Å². The largest absolute Gasteiger partial charge is 0.340 e. The average Bonchev–Trinajstić information content (AvgIpc) is 3.52. The summed E-state index contributed by atoms with van der Waals surface area (Å²) < 4.78 is 0. The molecule has 0 spiro atoms. The van der Waals surface area contributed by atoms with Crippen LogP contribution in [-0.4, -0.2) is 58.8 Å². The van der Waals surface area contributed by atoms with Gasteiger partial charge in [-0.3, -0.25) is 19.5 Å². The van der Waals surface area contributed by atoms with E-state index < -0.39 is 0 Å². The van der Waals surface area contributed by atoms with Crippen molar-refractivity contribution in [3.8, 4) is 0 Å². The van der Waals surface area contributed by atoms with E-state index in [1.165, 1.54) is 0 Å². The first-order valence-corrected chi connectivity index (χ1v) is 9.31. The Balaban J connectivity index is 1.38. The van der Waals surface area contributed by atoms with Gasteiger partial charge in [0.2, 0.25) is 11.8 Å². The van der Waals surface area contributed by atoms with Crippen molar-refractivity contribution in [3.63, 3.8) is 0 Å². The summed E-state index contributed by atoms with van der Waals surface area (Å²) in [7, 11) is 0. The molecule has 4 rings (SSSR count). The van der Waals surface area contributed by atoms with E-state index in [0.29, 0.717) is 19.0 Å². The number of hydrogen-bond acceptors (Lipinski definition) is 4. The van der Waals surface area contributed by atoms with Crippen molar-refractivity contribution >= 4 is 28.4 Å². The summed E-state index contributed by atoms with van der Waals surface area (Å²) in [5, 5.41) is 3.98. The van der Waals surface area contributed by atoms with Crippen molar-refractivity contribution in [1.82, 2.24) is 14.8 Å². The Kier molecular flexibility index (Phi) is 4.59. The molecule has 0 bridgehead atoms. The fourth-order valence-electron chi connectivity index (χ4n) is 3.53. The maximum atomic E-state index is 12.7. The molecule has 1 aliphatic carbocycles. The maximum Gasteiger partial charge on any atom is 0.241 e. The Labute approximate surface area is 153 Å². The van der Waals surface area contributed by atoms with Crippen molar-refractivity contribution in [3.05, 3.63) is 36.5 Å². The van der Waals surface area contributed by atoms with Crippen molar-refractivity contribution in [1.29, 1.82) is 0 Å². The number of amides is 2. The van der Waals surface area contributed by atoms with Crippen LogP contribution in [0.3, 0.4) is 0 Å². The highest BCUT2D eigenvalue weighted by Crippen LogP contribution is 2.31. The van der Waals surface area contributed by atoms with E-state index >= 15 is 0 Å². The molecule has 1 aromatic heterocycles. The minimum absolute atomic E-state index is 0.0247. The molecule has 1 saturated carbocycles. The Morgan fingerprint density at radius 2 is 1.88 bits per heavy atom. The number of nitrogens with one attached hydrogen (secondary N) is 1. The summed E-state index contributed by atoms with van der Waals surface area (Å²) in [5.41, 5.74) is 1.65. The molecule has 1 saturated heterocycles.